The maximum atomic E-state index is 12.3. The van der Waals surface area contributed by atoms with Crippen molar-refractivity contribution in [1.29, 1.82) is 0 Å². The molecule has 0 spiro atoms. The SMILES string of the molecule is O=C(O)[C@@H]1Cc2ccccc2CN1C(=O)CC(F)(F)F. The Kier molecular flexibility index (Phi) is 3.69. The van der Waals surface area contributed by atoms with Crippen molar-refractivity contribution in [2.75, 3.05) is 0 Å². The smallest absolute Gasteiger partial charge is 0.397 e. The fourth-order valence-electron chi connectivity index (χ4n) is 2.28. The average Bonchev–Trinajstić information content (AvgIpc) is 2.35. The number of nitrogens with zero attached hydrogens (tertiary/aromatic N) is 1. The van der Waals surface area contributed by atoms with E-state index in [2.05, 4.69) is 0 Å². The molecular formula is C13H12F3NO3. The number of amides is 1. The van der Waals surface area contributed by atoms with Crippen LogP contribution in [0.5, 0.6) is 0 Å². The van der Waals surface area contributed by atoms with Gasteiger partial charge in [0.1, 0.15) is 12.5 Å². The van der Waals surface area contributed by atoms with Crippen LogP contribution in [0, 0.1) is 0 Å². The van der Waals surface area contributed by atoms with Crippen LogP contribution in [0.3, 0.4) is 0 Å². The number of carbonyl (C=O) groups is 2. The van der Waals surface area contributed by atoms with E-state index in [1.54, 1.807) is 24.3 Å². The first kappa shape index (κ1) is 14.4. The topological polar surface area (TPSA) is 57.6 Å². The molecule has 0 fully saturated rings. The molecule has 1 aromatic carbocycles. The molecular weight excluding hydrogens is 275 g/mol. The first-order valence-electron chi connectivity index (χ1n) is 5.94. The minimum atomic E-state index is -4.64. The Bertz CT molecular complexity index is 542. The molecule has 1 atom stereocenters. The van der Waals surface area contributed by atoms with Gasteiger partial charge >= 0.3 is 12.1 Å². The predicted molar refractivity (Wildman–Crippen MR) is 62.8 cm³/mol. The molecule has 20 heavy (non-hydrogen) atoms. The van der Waals surface area contributed by atoms with Gasteiger partial charge in [-0.1, -0.05) is 24.3 Å². The molecule has 0 saturated heterocycles. The summed E-state index contributed by atoms with van der Waals surface area (Å²) in [6.07, 6.45) is -6.26. The summed E-state index contributed by atoms with van der Waals surface area (Å²) in [7, 11) is 0. The maximum absolute atomic E-state index is 12.3. The van der Waals surface area contributed by atoms with E-state index in [1.165, 1.54) is 0 Å². The molecule has 1 aliphatic heterocycles. The van der Waals surface area contributed by atoms with Crippen molar-refractivity contribution in [2.45, 2.75) is 31.6 Å². The number of hydrogen-bond donors (Lipinski definition) is 1. The third-order valence-corrected chi connectivity index (χ3v) is 3.21. The van der Waals surface area contributed by atoms with Crippen LogP contribution in [0.15, 0.2) is 24.3 Å². The molecule has 4 nitrogen and oxygen atoms in total. The normalized spacial score (nSPS) is 18.6. The van der Waals surface area contributed by atoms with Crippen molar-refractivity contribution in [3.05, 3.63) is 35.4 Å². The Morgan fingerprint density at radius 2 is 1.85 bits per heavy atom. The van der Waals surface area contributed by atoms with Gasteiger partial charge in [-0.15, -0.1) is 0 Å². The van der Waals surface area contributed by atoms with E-state index in [-0.39, 0.29) is 13.0 Å². The number of alkyl halides is 3. The van der Waals surface area contributed by atoms with E-state index in [0.717, 1.165) is 10.5 Å². The monoisotopic (exact) mass is 287 g/mol. The minimum Gasteiger partial charge on any atom is -0.480 e. The van der Waals surface area contributed by atoms with Crippen molar-refractivity contribution in [3.8, 4) is 0 Å². The third-order valence-electron chi connectivity index (χ3n) is 3.21. The van der Waals surface area contributed by atoms with Crippen LogP contribution in [0.2, 0.25) is 0 Å². The number of halogens is 3. The molecule has 108 valence electrons. The second kappa shape index (κ2) is 5.15. The molecule has 0 aromatic heterocycles. The lowest BCUT2D eigenvalue weighted by atomic mass is 9.93. The highest BCUT2D eigenvalue weighted by atomic mass is 19.4. The van der Waals surface area contributed by atoms with Gasteiger partial charge in [-0.25, -0.2) is 4.79 Å². The second-order valence-electron chi connectivity index (χ2n) is 4.64. The number of carboxylic acid groups (broad SMARTS) is 1. The van der Waals surface area contributed by atoms with Gasteiger partial charge in [0.05, 0.1) is 0 Å². The van der Waals surface area contributed by atoms with Crippen LogP contribution >= 0.6 is 0 Å². The maximum Gasteiger partial charge on any atom is 0.397 e. The lowest BCUT2D eigenvalue weighted by Gasteiger charge is -2.34. The van der Waals surface area contributed by atoms with Crippen LogP contribution in [0.4, 0.5) is 13.2 Å². The van der Waals surface area contributed by atoms with E-state index >= 15 is 0 Å². The van der Waals surface area contributed by atoms with E-state index < -0.39 is 30.5 Å². The molecule has 1 heterocycles. The molecule has 0 unspecified atom stereocenters. The number of aliphatic carboxylic acids is 1. The fraction of sp³-hybridized carbons (Fsp3) is 0.385. The largest absolute Gasteiger partial charge is 0.480 e. The Labute approximate surface area is 112 Å². The van der Waals surface area contributed by atoms with Crippen molar-refractivity contribution >= 4 is 11.9 Å². The standard InChI is InChI=1S/C13H12F3NO3/c14-13(15,16)6-11(18)17-7-9-4-2-1-3-8(9)5-10(17)12(19)20/h1-4,10H,5-7H2,(H,19,20)/t10-/m0/s1. The number of carbonyl (C=O) groups excluding carboxylic acids is 1. The predicted octanol–water partition coefficient (Wildman–Crippen LogP) is 1.98. The van der Waals surface area contributed by atoms with E-state index in [4.69, 9.17) is 5.11 Å². The van der Waals surface area contributed by atoms with Gasteiger partial charge in [-0.3, -0.25) is 4.79 Å². The van der Waals surface area contributed by atoms with Gasteiger partial charge in [0.25, 0.3) is 0 Å². The Morgan fingerprint density at radius 1 is 1.25 bits per heavy atom. The molecule has 0 radical (unpaired) electrons. The minimum absolute atomic E-state index is 0.0229. The van der Waals surface area contributed by atoms with Crippen molar-refractivity contribution in [1.82, 2.24) is 4.90 Å². The summed E-state index contributed by atoms with van der Waals surface area (Å²) in [6, 6.07) is 5.58. The number of rotatable bonds is 2. The highest BCUT2D eigenvalue weighted by molar-refractivity contribution is 5.84. The van der Waals surface area contributed by atoms with Gasteiger partial charge in [0.15, 0.2) is 0 Å². The summed E-state index contributed by atoms with van der Waals surface area (Å²) in [4.78, 5) is 23.6. The Morgan fingerprint density at radius 3 is 2.40 bits per heavy atom. The van der Waals surface area contributed by atoms with Gasteiger partial charge in [-0.05, 0) is 11.1 Å². The van der Waals surface area contributed by atoms with Crippen LogP contribution in [0.1, 0.15) is 17.5 Å². The lowest BCUT2D eigenvalue weighted by Crippen LogP contribution is -2.49. The molecule has 7 heteroatoms. The number of benzene rings is 1. The third kappa shape index (κ3) is 3.09. The molecule has 0 saturated carbocycles. The van der Waals surface area contributed by atoms with Gasteiger partial charge in [0.2, 0.25) is 5.91 Å². The molecule has 1 aromatic rings. The average molecular weight is 287 g/mol. The summed E-state index contributed by atoms with van der Waals surface area (Å²) in [5.74, 6) is -2.51. The first-order chi connectivity index (χ1) is 9.28. The van der Waals surface area contributed by atoms with Crippen molar-refractivity contribution in [3.63, 3.8) is 0 Å². The van der Waals surface area contributed by atoms with Crippen LogP contribution < -0.4 is 0 Å². The summed E-state index contributed by atoms with van der Waals surface area (Å²) < 4.78 is 36.9. The molecule has 2 rings (SSSR count). The molecule has 0 bridgehead atoms. The summed E-state index contributed by atoms with van der Waals surface area (Å²) in [6.45, 7) is -0.109. The number of hydrogen-bond acceptors (Lipinski definition) is 2. The van der Waals surface area contributed by atoms with Crippen LogP contribution in [0.25, 0.3) is 0 Å². The summed E-state index contributed by atoms with van der Waals surface area (Å²) in [5.41, 5.74) is 1.43. The highest BCUT2D eigenvalue weighted by Crippen LogP contribution is 2.27. The number of fused-ring (bicyclic) bond motifs is 1. The van der Waals surface area contributed by atoms with Crippen molar-refractivity contribution < 1.29 is 27.9 Å². The second-order valence-corrected chi connectivity index (χ2v) is 4.64. The van der Waals surface area contributed by atoms with Gasteiger partial charge in [-0.2, -0.15) is 13.2 Å². The van der Waals surface area contributed by atoms with E-state index in [1.807, 2.05) is 0 Å². The van der Waals surface area contributed by atoms with Crippen LogP contribution in [-0.2, 0) is 22.6 Å². The number of carboxylic acids is 1. The first-order valence-corrected chi connectivity index (χ1v) is 5.94. The van der Waals surface area contributed by atoms with Gasteiger partial charge < -0.3 is 10.0 Å². The Balaban J connectivity index is 2.27. The summed E-state index contributed by atoms with van der Waals surface area (Å²) in [5, 5.41) is 9.11. The molecule has 1 amide bonds. The summed E-state index contributed by atoms with van der Waals surface area (Å²) >= 11 is 0. The van der Waals surface area contributed by atoms with Crippen LogP contribution in [-0.4, -0.2) is 34.1 Å². The fourth-order valence-corrected chi connectivity index (χ4v) is 2.28. The zero-order valence-corrected chi connectivity index (χ0v) is 10.4. The lowest BCUT2D eigenvalue weighted by molar-refractivity contribution is -0.168. The molecule has 1 aliphatic rings. The quantitative estimate of drug-likeness (QED) is 0.904. The zero-order chi connectivity index (χ0) is 14.9. The highest BCUT2D eigenvalue weighted by Gasteiger charge is 2.39. The zero-order valence-electron chi connectivity index (χ0n) is 10.4. The van der Waals surface area contributed by atoms with Crippen molar-refractivity contribution in [2.24, 2.45) is 0 Å². The van der Waals surface area contributed by atoms with E-state index in [9.17, 15) is 22.8 Å². The Hall–Kier alpha value is -2.05. The van der Waals surface area contributed by atoms with E-state index in [0.29, 0.717) is 5.56 Å². The molecule has 1 N–H and O–H groups in total. The van der Waals surface area contributed by atoms with Gasteiger partial charge in [0, 0.05) is 13.0 Å². The molecule has 0 aliphatic carbocycles.